The van der Waals surface area contributed by atoms with Crippen molar-refractivity contribution in [1.29, 1.82) is 0 Å². The number of Topliss-reactive ketones (excluding diaryl/α,β-unsaturated/α-hetero) is 5. The van der Waals surface area contributed by atoms with Gasteiger partial charge in [0.15, 0.2) is 11.6 Å². The van der Waals surface area contributed by atoms with Crippen LogP contribution in [0.25, 0.3) is 0 Å². The zero-order valence-corrected chi connectivity index (χ0v) is 71.7. The first-order valence-electron chi connectivity index (χ1n) is 44.8. The third-order valence-corrected chi connectivity index (χ3v) is 20.4. The molecule has 2 aliphatic rings. The van der Waals surface area contributed by atoms with Gasteiger partial charge in [0.05, 0.1) is 112 Å². The smallest absolute Gasteiger partial charge is 0.303 e. The third kappa shape index (κ3) is 75.2. The van der Waals surface area contributed by atoms with Crippen LogP contribution >= 0.6 is 0 Å². The maximum absolute atomic E-state index is 12.7. The van der Waals surface area contributed by atoms with Crippen molar-refractivity contribution in [3.05, 3.63) is 0 Å². The summed E-state index contributed by atoms with van der Waals surface area (Å²) in [6, 6.07) is 0. The van der Waals surface area contributed by atoms with Crippen LogP contribution in [0.5, 0.6) is 0 Å². The minimum atomic E-state index is -0.681. The SMILES string of the molecule is C.CC(C)C(=O)CCOCCOCCOCCOCCOCCOCCCC(=O)CN1CCN(C(=O)CCCCCCCCCCCCCCCCCCC(=O)O)CC1.CC(C)C(=O)COCCOCCCC(=O)COCCOCCCC(=O)CN1CCN(C(=O)CCCCCCCCCCCCCCCCCCC(=O)O)CC1. The number of carbonyl (C=O) groups excluding carboxylic acids is 7. The molecule has 25 nitrogen and oxygen atoms in total. The van der Waals surface area contributed by atoms with Crippen LogP contribution in [-0.2, 0) is 90.5 Å². The Morgan fingerprint density at radius 3 is 0.737 bits per heavy atom. The van der Waals surface area contributed by atoms with E-state index in [0.29, 0.717) is 229 Å². The van der Waals surface area contributed by atoms with Crippen LogP contribution < -0.4 is 0 Å². The van der Waals surface area contributed by atoms with Gasteiger partial charge in [-0.3, -0.25) is 53.0 Å². The molecule has 2 amide bonds. The molecule has 2 fully saturated rings. The summed E-state index contributed by atoms with van der Waals surface area (Å²) in [6.45, 7) is 22.5. The molecule has 0 atom stereocenters. The molecule has 2 N–H and O–H groups in total. The second-order valence-corrected chi connectivity index (χ2v) is 31.3. The number of piperazine rings is 2. The quantitative estimate of drug-likeness (QED) is 0.0535. The largest absolute Gasteiger partial charge is 0.481 e. The van der Waals surface area contributed by atoms with Gasteiger partial charge in [0.1, 0.15) is 30.6 Å². The van der Waals surface area contributed by atoms with Gasteiger partial charge in [0.2, 0.25) is 11.8 Å². The molecule has 0 aromatic carbocycles. The van der Waals surface area contributed by atoms with Crippen molar-refractivity contribution in [3.8, 4) is 0 Å². The highest BCUT2D eigenvalue weighted by atomic mass is 16.6. The van der Waals surface area contributed by atoms with Crippen LogP contribution in [0.3, 0.4) is 0 Å². The second-order valence-electron chi connectivity index (χ2n) is 31.3. The highest BCUT2D eigenvalue weighted by Gasteiger charge is 2.24. The fraction of sp³-hybridized carbons (Fsp3) is 0.899. The predicted molar refractivity (Wildman–Crippen MR) is 449 cm³/mol. The van der Waals surface area contributed by atoms with Gasteiger partial charge in [0, 0.05) is 135 Å². The molecule has 0 spiro atoms. The van der Waals surface area contributed by atoms with E-state index in [1.165, 1.54) is 148 Å². The fourth-order valence-electron chi connectivity index (χ4n) is 13.2. The van der Waals surface area contributed by atoms with Crippen LogP contribution in [0, 0.1) is 11.8 Å². The van der Waals surface area contributed by atoms with Gasteiger partial charge in [0.25, 0.3) is 0 Å². The number of carboxylic acids is 2. The molecule has 114 heavy (non-hydrogen) atoms. The van der Waals surface area contributed by atoms with E-state index in [4.69, 9.17) is 57.6 Å². The first-order chi connectivity index (χ1) is 55.0. The molecular weight excluding hydrogens is 1460 g/mol. The van der Waals surface area contributed by atoms with E-state index in [2.05, 4.69) is 9.80 Å². The van der Waals surface area contributed by atoms with E-state index >= 15 is 0 Å². The lowest BCUT2D eigenvalue weighted by molar-refractivity contribution is -0.138. The zero-order valence-electron chi connectivity index (χ0n) is 71.7. The highest BCUT2D eigenvalue weighted by molar-refractivity contribution is 5.82. The van der Waals surface area contributed by atoms with Crippen molar-refractivity contribution in [2.75, 3.05) is 198 Å². The molecule has 2 aliphatic heterocycles. The number of hydrogen-bond acceptors (Lipinski definition) is 21. The Hall–Kier alpha value is -4.25. The lowest BCUT2D eigenvalue weighted by Crippen LogP contribution is -2.49. The van der Waals surface area contributed by atoms with Gasteiger partial charge < -0.3 is 67.4 Å². The van der Waals surface area contributed by atoms with Crippen molar-refractivity contribution >= 4 is 52.7 Å². The van der Waals surface area contributed by atoms with Crippen molar-refractivity contribution in [3.63, 3.8) is 0 Å². The van der Waals surface area contributed by atoms with E-state index in [1.54, 1.807) is 0 Å². The van der Waals surface area contributed by atoms with E-state index in [-0.39, 0.29) is 73.2 Å². The third-order valence-electron chi connectivity index (χ3n) is 20.4. The highest BCUT2D eigenvalue weighted by Crippen LogP contribution is 2.19. The molecule has 25 heteroatoms. The van der Waals surface area contributed by atoms with Crippen LogP contribution in [-0.4, -0.2) is 280 Å². The van der Waals surface area contributed by atoms with Crippen molar-refractivity contribution in [2.45, 2.75) is 311 Å². The van der Waals surface area contributed by atoms with Gasteiger partial charge >= 0.3 is 11.9 Å². The van der Waals surface area contributed by atoms with Gasteiger partial charge in [-0.15, -0.1) is 0 Å². The summed E-state index contributed by atoms with van der Waals surface area (Å²) in [6.07, 6.45) is 44.3. The summed E-state index contributed by atoms with van der Waals surface area (Å²) in [7, 11) is 0. The Labute approximate surface area is 690 Å². The number of rotatable bonds is 84. The Morgan fingerprint density at radius 2 is 0.465 bits per heavy atom. The molecule has 0 unspecified atom stereocenters. The molecule has 0 radical (unpaired) electrons. The number of aliphatic carboxylic acids is 2. The molecule has 0 aliphatic carbocycles. The van der Waals surface area contributed by atoms with Crippen LogP contribution in [0.1, 0.15) is 311 Å². The minimum absolute atomic E-state index is 0. The summed E-state index contributed by atoms with van der Waals surface area (Å²) in [5.74, 6) is -0.118. The lowest BCUT2D eigenvalue weighted by atomic mass is 10.0. The Morgan fingerprint density at radius 1 is 0.237 bits per heavy atom. The van der Waals surface area contributed by atoms with Gasteiger partial charge in [-0.05, 0) is 44.9 Å². The molecule has 668 valence electrons. The van der Waals surface area contributed by atoms with Crippen LogP contribution in [0.15, 0.2) is 0 Å². The maximum atomic E-state index is 12.7. The van der Waals surface area contributed by atoms with Gasteiger partial charge in [-0.25, -0.2) is 0 Å². The molecule has 0 aromatic heterocycles. The summed E-state index contributed by atoms with van der Waals surface area (Å²) in [4.78, 5) is 115. The lowest BCUT2D eigenvalue weighted by Gasteiger charge is -2.34. The number of amides is 2. The number of ketones is 5. The molecule has 2 rings (SSSR count). The van der Waals surface area contributed by atoms with E-state index in [9.17, 15) is 43.2 Å². The van der Waals surface area contributed by atoms with Crippen LogP contribution in [0.4, 0.5) is 0 Å². The monoisotopic (exact) mass is 1630 g/mol. The van der Waals surface area contributed by atoms with Gasteiger partial charge in [-0.2, -0.15) is 0 Å². The minimum Gasteiger partial charge on any atom is -0.481 e. The first kappa shape index (κ1) is 110. The van der Waals surface area contributed by atoms with E-state index in [1.807, 2.05) is 37.5 Å². The van der Waals surface area contributed by atoms with E-state index in [0.717, 1.165) is 84.0 Å². The first-order valence-corrected chi connectivity index (χ1v) is 44.8. The number of carboxylic acid groups (broad SMARTS) is 2. The van der Waals surface area contributed by atoms with Crippen LogP contribution in [0.2, 0.25) is 0 Å². The number of hydrogen-bond donors (Lipinski definition) is 2. The molecular formula is C89H166N4O21. The summed E-state index contributed by atoms with van der Waals surface area (Å²) in [5, 5.41) is 17.3. The summed E-state index contributed by atoms with van der Waals surface area (Å²) < 4.78 is 54.6. The average Bonchev–Trinajstić information content (AvgIpc) is 0.887. The number of nitrogens with zero attached hydrogens (tertiary/aromatic N) is 4. The Balaban J connectivity index is 0.00000222. The molecule has 2 saturated heterocycles. The topological polar surface area (TPSA) is 299 Å². The van der Waals surface area contributed by atoms with Gasteiger partial charge in [-0.1, -0.05) is 215 Å². The van der Waals surface area contributed by atoms with Crippen molar-refractivity contribution in [2.24, 2.45) is 11.8 Å². The van der Waals surface area contributed by atoms with E-state index < -0.39 is 11.9 Å². The zero-order chi connectivity index (χ0) is 82.4. The molecule has 0 aromatic rings. The summed E-state index contributed by atoms with van der Waals surface area (Å²) in [5.41, 5.74) is 0. The van der Waals surface area contributed by atoms with Crippen molar-refractivity contribution < 1.29 is 101 Å². The molecule has 0 bridgehead atoms. The predicted octanol–water partition coefficient (Wildman–Crippen LogP) is 15.2. The number of unbranched alkanes of at least 4 members (excludes halogenated alkanes) is 30. The van der Waals surface area contributed by atoms with Crippen molar-refractivity contribution in [1.82, 2.24) is 19.6 Å². The maximum Gasteiger partial charge on any atom is 0.303 e. The fourth-order valence-corrected chi connectivity index (χ4v) is 13.2. The number of ether oxygens (including phenoxy) is 10. The average molecular weight is 1630 g/mol. The second kappa shape index (κ2) is 82.4. The molecule has 0 saturated carbocycles. The number of carbonyl (C=O) groups is 9. The Kier molecular flexibility index (Phi) is 79.4. The molecule has 2 heterocycles. The standard InChI is InChI=1S/C45H84N2O11.C43H78N2O10.CH4/c1-41(2)43(49)23-29-54-31-33-56-35-37-58-39-38-57-36-34-55-32-30-53-28-19-20-42(48)40-46-24-26-47(27-25-46)44(50)21-17-15-13-11-9-7-5-3-4-6-8-10-12-14-16-18-22-45(51)52;1-38(2)41(48)37-55-34-32-53-30-20-22-40(47)36-54-33-31-52-29-19-21-39(46)35-44-25-27-45(28-26-44)42(49)23-17-15-13-11-9-7-5-3-4-6-8-10-12-14-16-18-24-43(50)51;/h41H,3-40H2,1-2H3,(H,51,52);38H,3-37H2,1-2H3,(H,50,51);1H4. The Bertz CT molecular complexity index is 2300. The summed E-state index contributed by atoms with van der Waals surface area (Å²) >= 11 is 0. The normalized spacial score (nSPS) is 13.4.